The van der Waals surface area contributed by atoms with E-state index in [2.05, 4.69) is 17.4 Å². The van der Waals surface area contributed by atoms with Gasteiger partial charge in [-0.1, -0.05) is 42.6 Å². The Morgan fingerprint density at radius 1 is 1.20 bits per heavy atom. The van der Waals surface area contributed by atoms with Gasteiger partial charge in [-0.05, 0) is 37.4 Å². The van der Waals surface area contributed by atoms with Crippen molar-refractivity contribution in [2.24, 2.45) is 0 Å². The van der Waals surface area contributed by atoms with Gasteiger partial charge in [-0.25, -0.2) is 0 Å². The van der Waals surface area contributed by atoms with E-state index in [9.17, 15) is 0 Å². The molecule has 0 radical (unpaired) electrons. The fourth-order valence-electron chi connectivity index (χ4n) is 2.24. The van der Waals surface area contributed by atoms with Gasteiger partial charge >= 0.3 is 0 Å². The summed E-state index contributed by atoms with van der Waals surface area (Å²) >= 11 is 6.09. The molecule has 0 spiro atoms. The quantitative estimate of drug-likeness (QED) is 0.825. The van der Waals surface area contributed by atoms with E-state index >= 15 is 0 Å². The maximum absolute atomic E-state index is 6.09. The minimum absolute atomic E-state index is 0.757. The van der Waals surface area contributed by atoms with Crippen molar-refractivity contribution in [2.75, 3.05) is 6.54 Å². The van der Waals surface area contributed by atoms with Crippen molar-refractivity contribution in [3.63, 3.8) is 0 Å². The average Bonchev–Trinajstić information content (AvgIpc) is 2.74. The zero-order chi connectivity index (χ0) is 10.5. The molecule has 0 bridgehead atoms. The van der Waals surface area contributed by atoms with Crippen LogP contribution in [-0.4, -0.2) is 12.6 Å². The van der Waals surface area contributed by atoms with Crippen molar-refractivity contribution >= 4 is 11.6 Å². The first-order valence-electron chi connectivity index (χ1n) is 5.83. The molecule has 15 heavy (non-hydrogen) atoms. The molecule has 0 heterocycles. The van der Waals surface area contributed by atoms with Crippen LogP contribution in [0.2, 0.25) is 5.02 Å². The standard InChI is InChI=1S/C13H18ClN/c14-13-8-4-1-5-11(13)9-10-15-12-6-2-3-7-12/h1,4-5,8,12,15H,2-3,6-7,9-10H2. The van der Waals surface area contributed by atoms with Gasteiger partial charge < -0.3 is 5.32 Å². The predicted octanol–water partition coefficient (Wildman–Crippen LogP) is 3.41. The number of hydrogen-bond donors (Lipinski definition) is 1. The van der Waals surface area contributed by atoms with E-state index in [1.165, 1.54) is 31.2 Å². The molecule has 1 aromatic carbocycles. The number of benzene rings is 1. The first-order chi connectivity index (χ1) is 7.36. The summed E-state index contributed by atoms with van der Waals surface area (Å²) in [6.07, 6.45) is 6.52. The highest BCUT2D eigenvalue weighted by Crippen LogP contribution is 2.18. The van der Waals surface area contributed by atoms with Crippen LogP contribution in [0, 0.1) is 0 Å². The molecular formula is C13H18ClN. The average molecular weight is 224 g/mol. The van der Waals surface area contributed by atoms with E-state index in [0.717, 1.165) is 24.0 Å². The number of hydrogen-bond acceptors (Lipinski definition) is 1. The Bertz CT molecular complexity index is 305. The first-order valence-corrected chi connectivity index (χ1v) is 6.21. The van der Waals surface area contributed by atoms with Crippen molar-refractivity contribution in [3.8, 4) is 0 Å². The summed E-state index contributed by atoms with van der Waals surface area (Å²) < 4.78 is 0. The first kappa shape index (κ1) is 11.0. The molecule has 2 rings (SSSR count). The fraction of sp³-hybridized carbons (Fsp3) is 0.538. The SMILES string of the molecule is Clc1ccccc1CCNC1CCCC1. The Kier molecular flexibility index (Phi) is 4.04. The second-order valence-corrected chi connectivity index (χ2v) is 4.68. The topological polar surface area (TPSA) is 12.0 Å². The molecule has 0 aromatic heterocycles. The minimum atomic E-state index is 0.757. The van der Waals surface area contributed by atoms with Crippen LogP contribution in [-0.2, 0) is 6.42 Å². The van der Waals surface area contributed by atoms with E-state index in [1.54, 1.807) is 0 Å². The lowest BCUT2D eigenvalue weighted by Crippen LogP contribution is -2.28. The van der Waals surface area contributed by atoms with Gasteiger partial charge in [0.05, 0.1) is 0 Å². The number of nitrogens with one attached hydrogen (secondary N) is 1. The molecule has 1 N–H and O–H groups in total. The molecule has 1 aromatic rings. The molecule has 1 aliphatic rings. The molecule has 1 saturated carbocycles. The summed E-state index contributed by atoms with van der Waals surface area (Å²) in [6.45, 7) is 1.05. The number of halogens is 1. The van der Waals surface area contributed by atoms with Crippen LogP contribution >= 0.6 is 11.6 Å². The monoisotopic (exact) mass is 223 g/mol. The van der Waals surface area contributed by atoms with Crippen LogP contribution < -0.4 is 5.32 Å². The Morgan fingerprint density at radius 2 is 1.93 bits per heavy atom. The van der Waals surface area contributed by atoms with E-state index in [0.29, 0.717) is 0 Å². The second-order valence-electron chi connectivity index (χ2n) is 4.28. The number of rotatable bonds is 4. The molecule has 1 aliphatic carbocycles. The Balaban J connectivity index is 1.75. The molecule has 1 fully saturated rings. The smallest absolute Gasteiger partial charge is 0.0438 e. The van der Waals surface area contributed by atoms with E-state index in [1.807, 2.05) is 12.1 Å². The Morgan fingerprint density at radius 3 is 2.67 bits per heavy atom. The molecule has 2 heteroatoms. The maximum atomic E-state index is 6.09. The summed E-state index contributed by atoms with van der Waals surface area (Å²) in [5, 5.41) is 4.49. The van der Waals surface area contributed by atoms with Gasteiger partial charge in [0.25, 0.3) is 0 Å². The molecule has 1 nitrogen and oxygen atoms in total. The third-order valence-electron chi connectivity index (χ3n) is 3.14. The zero-order valence-electron chi connectivity index (χ0n) is 9.01. The van der Waals surface area contributed by atoms with Gasteiger partial charge in [0.2, 0.25) is 0 Å². The van der Waals surface area contributed by atoms with Crippen LogP contribution in [0.4, 0.5) is 0 Å². The second kappa shape index (κ2) is 5.53. The van der Waals surface area contributed by atoms with Gasteiger partial charge in [-0.3, -0.25) is 0 Å². The highest BCUT2D eigenvalue weighted by Gasteiger charge is 2.13. The minimum Gasteiger partial charge on any atom is -0.314 e. The van der Waals surface area contributed by atoms with Crippen LogP contribution in [0.15, 0.2) is 24.3 Å². The zero-order valence-corrected chi connectivity index (χ0v) is 9.76. The summed E-state index contributed by atoms with van der Waals surface area (Å²) in [4.78, 5) is 0. The largest absolute Gasteiger partial charge is 0.314 e. The third-order valence-corrected chi connectivity index (χ3v) is 3.51. The van der Waals surface area contributed by atoms with Crippen molar-refractivity contribution in [1.29, 1.82) is 0 Å². The van der Waals surface area contributed by atoms with E-state index < -0.39 is 0 Å². The summed E-state index contributed by atoms with van der Waals surface area (Å²) in [5.74, 6) is 0. The highest BCUT2D eigenvalue weighted by molar-refractivity contribution is 6.31. The molecule has 0 atom stereocenters. The molecule has 0 saturated heterocycles. The molecular weight excluding hydrogens is 206 g/mol. The van der Waals surface area contributed by atoms with Crippen molar-refractivity contribution < 1.29 is 0 Å². The lowest BCUT2D eigenvalue weighted by molar-refractivity contribution is 0.528. The van der Waals surface area contributed by atoms with Gasteiger partial charge in [0, 0.05) is 11.1 Å². The third kappa shape index (κ3) is 3.22. The van der Waals surface area contributed by atoms with Crippen LogP contribution in [0.5, 0.6) is 0 Å². The van der Waals surface area contributed by atoms with Crippen molar-refractivity contribution in [2.45, 2.75) is 38.1 Å². The Hall–Kier alpha value is -0.530. The van der Waals surface area contributed by atoms with Crippen LogP contribution in [0.3, 0.4) is 0 Å². The predicted molar refractivity (Wildman–Crippen MR) is 65.4 cm³/mol. The van der Waals surface area contributed by atoms with Gasteiger partial charge in [0.1, 0.15) is 0 Å². The summed E-state index contributed by atoms with van der Waals surface area (Å²) in [5.41, 5.74) is 1.25. The van der Waals surface area contributed by atoms with Crippen molar-refractivity contribution in [3.05, 3.63) is 34.9 Å². The highest BCUT2D eigenvalue weighted by atomic mass is 35.5. The Labute approximate surface area is 96.8 Å². The summed E-state index contributed by atoms with van der Waals surface area (Å²) in [6, 6.07) is 8.87. The molecule has 0 amide bonds. The van der Waals surface area contributed by atoms with E-state index in [4.69, 9.17) is 11.6 Å². The molecule has 82 valence electrons. The lowest BCUT2D eigenvalue weighted by Gasteiger charge is -2.11. The van der Waals surface area contributed by atoms with Gasteiger partial charge in [-0.2, -0.15) is 0 Å². The van der Waals surface area contributed by atoms with Crippen LogP contribution in [0.1, 0.15) is 31.2 Å². The molecule has 0 aliphatic heterocycles. The summed E-state index contributed by atoms with van der Waals surface area (Å²) in [7, 11) is 0. The van der Waals surface area contributed by atoms with Gasteiger partial charge in [0.15, 0.2) is 0 Å². The normalized spacial score (nSPS) is 17.1. The van der Waals surface area contributed by atoms with Crippen molar-refractivity contribution in [1.82, 2.24) is 5.32 Å². The molecule has 0 unspecified atom stereocenters. The van der Waals surface area contributed by atoms with Gasteiger partial charge in [-0.15, -0.1) is 0 Å². The van der Waals surface area contributed by atoms with Crippen LogP contribution in [0.25, 0.3) is 0 Å². The van der Waals surface area contributed by atoms with E-state index in [-0.39, 0.29) is 0 Å². The lowest BCUT2D eigenvalue weighted by atomic mass is 10.1. The maximum Gasteiger partial charge on any atom is 0.0438 e. The fourth-order valence-corrected chi connectivity index (χ4v) is 2.47.